The van der Waals surface area contributed by atoms with Crippen LogP contribution < -0.4 is 0 Å². The van der Waals surface area contributed by atoms with Crippen molar-refractivity contribution in [1.82, 2.24) is 0 Å². The van der Waals surface area contributed by atoms with Crippen LogP contribution in [0.3, 0.4) is 0 Å². The third-order valence-electron chi connectivity index (χ3n) is 3.15. The Morgan fingerprint density at radius 2 is 1.00 bits per heavy atom. The first-order valence-electron chi connectivity index (χ1n) is 6.73. The zero-order valence-electron chi connectivity index (χ0n) is 12.5. The van der Waals surface area contributed by atoms with E-state index >= 15 is 0 Å². The molecule has 0 aliphatic carbocycles. The van der Waals surface area contributed by atoms with Crippen LogP contribution >= 0.6 is 21.6 Å². The lowest BCUT2D eigenvalue weighted by Crippen LogP contribution is -2.06. The van der Waals surface area contributed by atoms with E-state index in [1.165, 1.54) is 0 Å². The first kappa shape index (κ1) is 20.4. The number of aldehydes is 2. The average Bonchev–Trinajstić information content (AvgIpc) is 2.57. The molecule has 0 fully saturated rings. The second-order valence-electron chi connectivity index (χ2n) is 4.90. The lowest BCUT2D eigenvalue weighted by Gasteiger charge is -2.11. The van der Waals surface area contributed by atoms with E-state index < -0.39 is 23.5 Å². The van der Waals surface area contributed by atoms with Crippen LogP contribution in [0, 0.1) is 0 Å². The van der Waals surface area contributed by atoms with Gasteiger partial charge in [-0.25, -0.2) is 0 Å². The zero-order chi connectivity index (χ0) is 19.5. The Morgan fingerprint density at radius 1 is 0.654 bits per heavy atom. The van der Waals surface area contributed by atoms with Gasteiger partial charge in [0.25, 0.3) is 0 Å². The molecule has 0 aliphatic heterocycles. The van der Waals surface area contributed by atoms with Gasteiger partial charge in [-0.1, -0.05) is 21.6 Å². The molecule has 138 valence electrons. The summed E-state index contributed by atoms with van der Waals surface area (Å²) in [6, 6.07) is 5.14. The fraction of sp³-hybridized carbons (Fsp3) is 0.125. The van der Waals surface area contributed by atoms with Crippen LogP contribution in [0.4, 0.5) is 26.3 Å². The van der Waals surface area contributed by atoms with E-state index in [2.05, 4.69) is 0 Å². The second kappa shape index (κ2) is 7.75. The Labute approximate surface area is 151 Å². The molecule has 0 unspecified atom stereocenters. The Kier molecular flexibility index (Phi) is 6.07. The molecule has 0 heterocycles. The van der Waals surface area contributed by atoms with Crippen molar-refractivity contribution in [3.63, 3.8) is 0 Å². The fourth-order valence-electron chi connectivity index (χ4n) is 1.88. The molecule has 2 nitrogen and oxygen atoms in total. The fourth-order valence-corrected chi connectivity index (χ4v) is 4.16. The summed E-state index contributed by atoms with van der Waals surface area (Å²) < 4.78 is 76.0. The largest absolute Gasteiger partial charge is 0.416 e. The molecule has 2 aromatic rings. The Morgan fingerprint density at radius 3 is 1.27 bits per heavy atom. The van der Waals surface area contributed by atoms with Crippen LogP contribution in [0.5, 0.6) is 0 Å². The van der Waals surface area contributed by atoms with Crippen molar-refractivity contribution >= 4 is 34.2 Å². The standard InChI is InChI=1S/C16H8F6O2S2/c17-15(18,19)11-1-3-13(9(5-11)7-23)25-26-14-4-2-12(16(20,21)22)6-10(14)8-24/h1-8H. The zero-order valence-corrected chi connectivity index (χ0v) is 14.2. The SMILES string of the molecule is O=Cc1cc(C(F)(F)F)ccc1SSc1ccc(C(F)(F)F)cc1C=O. The number of carbonyl (C=O) groups is 2. The lowest BCUT2D eigenvalue weighted by atomic mass is 10.1. The van der Waals surface area contributed by atoms with E-state index in [-0.39, 0.29) is 33.5 Å². The molecule has 0 bridgehead atoms. The first-order chi connectivity index (χ1) is 12.1. The second-order valence-corrected chi connectivity index (χ2v) is 7.12. The van der Waals surface area contributed by atoms with Crippen LogP contribution in [0.25, 0.3) is 0 Å². The summed E-state index contributed by atoms with van der Waals surface area (Å²) in [6.07, 6.45) is -8.70. The number of rotatable bonds is 5. The highest BCUT2D eigenvalue weighted by molar-refractivity contribution is 8.76. The molecule has 0 saturated carbocycles. The van der Waals surface area contributed by atoms with E-state index in [9.17, 15) is 35.9 Å². The van der Waals surface area contributed by atoms with E-state index in [0.29, 0.717) is 12.1 Å². The van der Waals surface area contributed by atoms with Gasteiger partial charge in [-0.3, -0.25) is 9.59 Å². The molecule has 0 aliphatic rings. The van der Waals surface area contributed by atoms with Crippen LogP contribution in [0.2, 0.25) is 0 Å². The molecule has 0 amide bonds. The summed E-state index contributed by atoms with van der Waals surface area (Å²) in [6.45, 7) is 0. The highest BCUT2D eigenvalue weighted by atomic mass is 33.1. The number of carbonyl (C=O) groups excluding carboxylic acids is 2. The number of halogens is 6. The summed E-state index contributed by atoms with van der Waals surface area (Å²) >= 11 is 0. The van der Waals surface area contributed by atoms with Gasteiger partial charge >= 0.3 is 12.4 Å². The molecular formula is C16H8F6O2S2. The Bertz CT molecular complexity index is 761. The minimum absolute atomic E-state index is 0.190. The van der Waals surface area contributed by atoms with Gasteiger partial charge in [0, 0.05) is 20.9 Å². The molecule has 0 spiro atoms. The van der Waals surface area contributed by atoms with Gasteiger partial charge < -0.3 is 0 Å². The average molecular weight is 410 g/mol. The molecule has 0 N–H and O–H groups in total. The van der Waals surface area contributed by atoms with Crippen molar-refractivity contribution in [2.75, 3.05) is 0 Å². The molecule has 2 rings (SSSR count). The summed E-state index contributed by atoms with van der Waals surface area (Å²) in [5.74, 6) is 0. The van der Waals surface area contributed by atoms with Crippen LogP contribution in [0.15, 0.2) is 46.2 Å². The molecule has 2 aromatic carbocycles. The van der Waals surface area contributed by atoms with Gasteiger partial charge in [-0.05, 0) is 36.4 Å². The number of hydrogen-bond donors (Lipinski definition) is 0. The predicted molar refractivity (Wildman–Crippen MR) is 85.4 cm³/mol. The van der Waals surface area contributed by atoms with Crippen LogP contribution in [-0.4, -0.2) is 12.6 Å². The summed E-state index contributed by atoms with van der Waals surface area (Å²) in [5.41, 5.74) is -2.40. The lowest BCUT2D eigenvalue weighted by molar-refractivity contribution is -0.138. The smallest absolute Gasteiger partial charge is 0.298 e. The third-order valence-corrected chi connectivity index (χ3v) is 5.66. The molecule has 0 radical (unpaired) electrons. The van der Waals surface area contributed by atoms with Crippen molar-refractivity contribution in [2.45, 2.75) is 22.1 Å². The molecule has 0 atom stereocenters. The van der Waals surface area contributed by atoms with Gasteiger partial charge in [0.05, 0.1) is 11.1 Å². The number of hydrogen-bond acceptors (Lipinski definition) is 4. The van der Waals surface area contributed by atoms with Gasteiger partial charge in [0.2, 0.25) is 0 Å². The topological polar surface area (TPSA) is 34.1 Å². The molecule has 0 aromatic heterocycles. The van der Waals surface area contributed by atoms with Gasteiger partial charge in [0.15, 0.2) is 12.6 Å². The van der Waals surface area contributed by atoms with Gasteiger partial charge in [-0.15, -0.1) is 0 Å². The highest BCUT2D eigenvalue weighted by Crippen LogP contribution is 2.42. The Hall–Kier alpha value is -1.94. The van der Waals surface area contributed by atoms with Crippen molar-refractivity contribution in [1.29, 1.82) is 0 Å². The maximum Gasteiger partial charge on any atom is 0.416 e. The van der Waals surface area contributed by atoms with E-state index in [1.807, 2.05) is 0 Å². The summed E-state index contributed by atoms with van der Waals surface area (Å²) in [7, 11) is 1.73. The minimum Gasteiger partial charge on any atom is -0.298 e. The first-order valence-corrected chi connectivity index (χ1v) is 8.88. The number of alkyl halides is 6. The van der Waals surface area contributed by atoms with E-state index in [4.69, 9.17) is 0 Å². The van der Waals surface area contributed by atoms with Crippen LogP contribution in [0.1, 0.15) is 31.8 Å². The van der Waals surface area contributed by atoms with Crippen molar-refractivity contribution in [3.8, 4) is 0 Å². The molecule has 26 heavy (non-hydrogen) atoms. The molecular weight excluding hydrogens is 402 g/mol. The van der Waals surface area contributed by atoms with E-state index in [0.717, 1.165) is 45.9 Å². The number of benzene rings is 2. The highest BCUT2D eigenvalue weighted by Gasteiger charge is 2.32. The maximum absolute atomic E-state index is 12.7. The van der Waals surface area contributed by atoms with Gasteiger partial charge in [0.1, 0.15) is 0 Å². The van der Waals surface area contributed by atoms with Crippen molar-refractivity contribution in [3.05, 3.63) is 58.7 Å². The Balaban J connectivity index is 2.26. The summed E-state index contributed by atoms with van der Waals surface area (Å²) in [4.78, 5) is 22.4. The normalized spacial score (nSPS) is 12.1. The van der Waals surface area contributed by atoms with Crippen molar-refractivity contribution < 1.29 is 35.9 Å². The van der Waals surface area contributed by atoms with E-state index in [1.54, 1.807) is 0 Å². The van der Waals surface area contributed by atoms with Crippen LogP contribution in [-0.2, 0) is 12.4 Å². The monoisotopic (exact) mass is 410 g/mol. The van der Waals surface area contributed by atoms with Crippen molar-refractivity contribution in [2.24, 2.45) is 0 Å². The predicted octanol–water partition coefficient (Wildman–Crippen LogP) is 6.15. The van der Waals surface area contributed by atoms with Gasteiger partial charge in [-0.2, -0.15) is 26.3 Å². The maximum atomic E-state index is 12.7. The molecule has 10 heteroatoms. The summed E-state index contributed by atoms with van der Waals surface area (Å²) in [5, 5.41) is 0. The third kappa shape index (κ3) is 4.82. The molecule has 0 saturated heterocycles. The quantitative estimate of drug-likeness (QED) is 0.336. The minimum atomic E-state index is -4.60.